The lowest BCUT2D eigenvalue weighted by molar-refractivity contribution is -0.114. The fourth-order valence-corrected chi connectivity index (χ4v) is 4.11. The number of benzene rings is 2. The van der Waals surface area contributed by atoms with Crippen LogP contribution in [-0.2, 0) is 11.3 Å². The first-order valence-electron chi connectivity index (χ1n) is 11.0. The van der Waals surface area contributed by atoms with Crippen LogP contribution in [0.5, 0.6) is 5.75 Å². The number of carbonyl (C=O) groups is 2. The topological polar surface area (TPSA) is 143 Å². The summed E-state index contributed by atoms with van der Waals surface area (Å²) in [7, 11) is 1.52. The molecule has 1 fully saturated rings. The van der Waals surface area contributed by atoms with Crippen LogP contribution in [0, 0.1) is 12.3 Å². The molecule has 33 heavy (non-hydrogen) atoms. The largest absolute Gasteiger partial charge is 0.496 e. The SMILES string of the molecule is COc1ccccc1C(=O)NCc1ccc(C(=N)/C(C(N)=O)=C(/N)NC2CCCC2)c(C)c1. The van der Waals surface area contributed by atoms with Gasteiger partial charge in [0.05, 0.1) is 18.4 Å². The minimum Gasteiger partial charge on any atom is -0.496 e. The molecule has 7 N–H and O–H groups in total. The van der Waals surface area contributed by atoms with Crippen LogP contribution in [0.3, 0.4) is 0 Å². The van der Waals surface area contributed by atoms with Crippen molar-refractivity contribution >= 4 is 17.5 Å². The van der Waals surface area contributed by atoms with E-state index in [1.165, 1.54) is 7.11 Å². The third-order valence-electron chi connectivity index (χ3n) is 5.85. The molecule has 0 saturated heterocycles. The molecule has 3 rings (SSSR count). The molecule has 1 aliphatic rings. The molecule has 0 unspecified atom stereocenters. The van der Waals surface area contributed by atoms with Gasteiger partial charge < -0.3 is 26.8 Å². The summed E-state index contributed by atoms with van der Waals surface area (Å²) in [5, 5.41) is 14.6. The van der Waals surface area contributed by atoms with Crippen LogP contribution in [0.1, 0.15) is 52.7 Å². The summed E-state index contributed by atoms with van der Waals surface area (Å²) >= 11 is 0. The third-order valence-corrected chi connectivity index (χ3v) is 5.85. The van der Waals surface area contributed by atoms with Gasteiger partial charge >= 0.3 is 0 Å². The minimum atomic E-state index is -0.740. The number of para-hydroxylation sites is 1. The normalized spacial score (nSPS) is 14.4. The van der Waals surface area contributed by atoms with E-state index in [0.29, 0.717) is 23.4 Å². The number of rotatable bonds is 9. The van der Waals surface area contributed by atoms with Crippen molar-refractivity contribution in [2.45, 2.75) is 45.2 Å². The number of methoxy groups -OCH3 is 1. The van der Waals surface area contributed by atoms with Crippen molar-refractivity contribution in [1.29, 1.82) is 5.41 Å². The number of hydrogen-bond donors (Lipinski definition) is 5. The first-order chi connectivity index (χ1) is 15.8. The molecule has 2 aromatic rings. The molecular formula is C25H31N5O3. The summed E-state index contributed by atoms with van der Waals surface area (Å²) in [4.78, 5) is 24.7. The lowest BCUT2D eigenvalue weighted by Gasteiger charge is -2.18. The molecule has 8 nitrogen and oxygen atoms in total. The van der Waals surface area contributed by atoms with Gasteiger partial charge in [0.15, 0.2) is 0 Å². The number of nitrogens with two attached hydrogens (primary N) is 2. The molecule has 8 heteroatoms. The minimum absolute atomic E-state index is 0.0118. The first-order valence-corrected chi connectivity index (χ1v) is 11.0. The molecule has 1 saturated carbocycles. The molecule has 0 spiro atoms. The molecule has 174 valence electrons. The van der Waals surface area contributed by atoms with Crippen LogP contribution in [-0.4, -0.2) is 30.7 Å². The van der Waals surface area contributed by atoms with Crippen molar-refractivity contribution in [3.05, 3.63) is 76.1 Å². The van der Waals surface area contributed by atoms with Crippen LogP contribution in [0.15, 0.2) is 53.9 Å². The predicted octanol–water partition coefficient (Wildman–Crippen LogP) is 2.49. The van der Waals surface area contributed by atoms with E-state index in [1.807, 2.05) is 13.0 Å². The standard InChI is InChI=1S/C25H31N5O3/c1-15-13-16(14-29-25(32)19-9-5-6-10-20(19)33-2)11-12-18(15)22(26)21(24(28)31)23(27)30-17-7-3-4-8-17/h5-6,9-13,17,26,30H,3-4,7-8,14,27H2,1-2H3,(H2,28,31)(H,29,32)/b23-21+,26-22?. The van der Waals surface area contributed by atoms with Gasteiger partial charge in [-0.2, -0.15) is 0 Å². The molecule has 0 aromatic heterocycles. The summed E-state index contributed by atoms with van der Waals surface area (Å²) in [5.41, 5.74) is 14.3. The van der Waals surface area contributed by atoms with Crippen LogP contribution >= 0.6 is 0 Å². The van der Waals surface area contributed by atoms with Crippen molar-refractivity contribution in [2.24, 2.45) is 11.5 Å². The Labute approximate surface area is 193 Å². The number of hydrogen-bond acceptors (Lipinski definition) is 6. The summed E-state index contributed by atoms with van der Waals surface area (Å²) < 4.78 is 5.24. The summed E-state index contributed by atoms with van der Waals surface area (Å²) in [6, 6.07) is 12.6. The Bertz CT molecular complexity index is 1090. The maximum absolute atomic E-state index is 12.5. The zero-order valence-electron chi connectivity index (χ0n) is 19.0. The Balaban J connectivity index is 1.74. The average Bonchev–Trinajstić information content (AvgIpc) is 3.30. The zero-order chi connectivity index (χ0) is 24.0. The smallest absolute Gasteiger partial charge is 0.255 e. The highest BCUT2D eigenvalue weighted by Crippen LogP contribution is 2.21. The van der Waals surface area contributed by atoms with Gasteiger partial charge in [0.1, 0.15) is 17.1 Å². The van der Waals surface area contributed by atoms with Crippen molar-refractivity contribution in [3.8, 4) is 5.75 Å². The van der Waals surface area contributed by atoms with Gasteiger partial charge in [-0.15, -0.1) is 0 Å². The quantitative estimate of drug-likeness (QED) is 0.295. The average molecular weight is 450 g/mol. The molecule has 0 aliphatic heterocycles. The van der Waals surface area contributed by atoms with E-state index in [0.717, 1.165) is 36.8 Å². The second kappa shape index (κ2) is 10.7. The van der Waals surface area contributed by atoms with Crippen molar-refractivity contribution in [2.75, 3.05) is 7.11 Å². The fourth-order valence-electron chi connectivity index (χ4n) is 4.11. The summed E-state index contributed by atoms with van der Waals surface area (Å²) in [6.07, 6.45) is 4.19. The van der Waals surface area contributed by atoms with E-state index in [-0.39, 0.29) is 29.1 Å². The van der Waals surface area contributed by atoms with Crippen LogP contribution in [0.4, 0.5) is 0 Å². The van der Waals surface area contributed by atoms with Gasteiger partial charge in [0, 0.05) is 18.2 Å². The highest BCUT2D eigenvalue weighted by molar-refractivity contribution is 6.27. The molecule has 0 radical (unpaired) electrons. The number of ether oxygens (including phenoxy) is 1. The molecule has 0 bridgehead atoms. The second-order valence-corrected chi connectivity index (χ2v) is 8.19. The third kappa shape index (κ3) is 5.71. The van der Waals surface area contributed by atoms with Gasteiger partial charge in [-0.3, -0.25) is 15.0 Å². The molecule has 0 atom stereocenters. The fraction of sp³-hybridized carbons (Fsp3) is 0.320. The second-order valence-electron chi connectivity index (χ2n) is 8.19. The van der Waals surface area contributed by atoms with Crippen LogP contribution < -0.4 is 26.8 Å². The number of nitrogens with one attached hydrogen (secondary N) is 3. The Kier molecular flexibility index (Phi) is 7.71. The predicted molar refractivity (Wildman–Crippen MR) is 128 cm³/mol. The number of primary amides is 1. The summed E-state index contributed by atoms with van der Waals surface area (Å²) in [6.45, 7) is 2.14. The Hall–Kier alpha value is -3.81. The molecule has 2 amide bonds. The van der Waals surface area contributed by atoms with E-state index in [9.17, 15) is 9.59 Å². The van der Waals surface area contributed by atoms with E-state index in [4.69, 9.17) is 21.6 Å². The monoisotopic (exact) mass is 449 g/mol. The molecular weight excluding hydrogens is 418 g/mol. The Morgan fingerprint density at radius 3 is 2.42 bits per heavy atom. The lowest BCUT2D eigenvalue weighted by atomic mass is 9.95. The Morgan fingerprint density at radius 2 is 1.79 bits per heavy atom. The van der Waals surface area contributed by atoms with Gasteiger partial charge in [-0.25, -0.2) is 0 Å². The maximum atomic E-state index is 12.5. The van der Waals surface area contributed by atoms with Crippen molar-refractivity contribution in [3.63, 3.8) is 0 Å². The van der Waals surface area contributed by atoms with Crippen LogP contribution in [0.25, 0.3) is 0 Å². The number of amides is 2. The highest BCUT2D eigenvalue weighted by atomic mass is 16.5. The first kappa shape index (κ1) is 23.8. The van der Waals surface area contributed by atoms with E-state index < -0.39 is 5.91 Å². The van der Waals surface area contributed by atoms with Crippen LogP contribution in [0.2, 0.25) is 0 Å². The van der Waals surface area contributed by atoms with Crippen molar-refractivity contribution < 1.29 is 14.3 Å². The zero-order valence-corrected chi connectivity index (χ0v) is 19.0. The Morgan fingerprint density at radius 1 is 1.09 bits per heavy atom. The molecule has 2 aromatic carbocycles. The van der Waals surface area contributed by atoms with Gasteiger partial charge in [-0.1, -0.05) is 43.2 Å². The molecule has 0 heterocycles. The van der Waals surface area contributed by atoms with E-state index in [1.54, 1.807) is 36.4 Å². The number of aryl methyl sites for hydroxylation is 1. The maximum Gasteiger partial charge on any atom is 0.255 e. The number of carbonyl (C=O) groups excluding carboxylic acids is 2. The molecule has 1 aliphatic carbocycles. The van der Waals surface area contributed by atoms with E-state index in [2.05, 4.69) is 10.6 Å². The van der Waals surface area contributed by atoms with Gasteiger partial charge in [0.2, 0.25) is 0 Å². The van der Waals surface area contributed by atoms with Crippen molar-refractivity contribution in [1.82, 2.24) is 10.6 Å². The summed E-state index contributed by atoms with van der Waals surface area (Å²) in [5.74, 6) is -0.335. The lowest BCUT2D eigenvalue weighted by Crippen LogP contribution is -2.36. The van der Waals surface area contributed by atoms with Gasteiger partial charge in [-0.05, 0) is 43.0 Å². The highest BCUT2D eigenvalue weighted by Gasteiger charge is 2.22. The van der Waals surface area contributed by atoms with E-state index >= 15 is 0 Å². The van der Waals surface area contributed by atoms with Gasteiger partial charge in [0.25, 0.3) is 11.8 Å².